The molecule has 0 saturated carbocycles. The minimum absolute atomic E-state index is 0.351. The lowest BCUT2D eigenvalue weighted by Crippen LogP contribution is -2.63. The summed E-state index contributed by atoms with van der Waals surface area (Å²) in [5.41, 5.74) is 0. The van der Waals surface area contributed by atoms with Crippen molar-refractivity contribution >= 4 is 22.2 Å². The Bertz CT molecular complexity index is 441. The largest absolute Gasteiger partial charge is 0.460 e. The topological polar surface area (TPSA) is 43.4 Å². The highest BCUT2D eigenvalue weighted by Crippen LogP contribution is 2.55. The van der Waals surface area contributed by atoms with Crippen molar-refractivity contribution < 1.29 is 51.6 Å². The second-order valence-corrected chi connectivity index (χ2v) is 5.87. The maximum absolute atomic E-state index is 12.9. The molecule has 0 rings (SSSR count). The summed E-state index contributed by atoms with van der Waals surface area (Å²) in [5.74, 6) is -14.9. The van der Waals surface area contributed by atoms with Gasteiger partial charge in [-0.05, 0) is 0 Å². The first-order valence-corrected chi connectivity index (χ1v) is 6.64. The smallest absolute Gasteiger partial charge is 0.193 e. The molecule has 0 aliphatic carbocycles. The molecule has 0 heterocycles. The minimum Gasteiger partial charge on any atom is -0.193 e. The summed E-state index contributed by atoms with van der Waals surface area (Å²) in [7, 11) is -6.72. The van der Waals surface area contributed by atoms with Gasteiger partial charge in [0.1, 0.15) is 0 Å². The van der Waals surface area contributed by atoms with E-state index in [-0.39, 0.29) is 17.8 Å². The van der Waals surface area contributed by atoms with E-state index in [0.717, 1.165) is 6.92 Å². The van der Waals surface area contributed by atoms with Gasteiger partial charge in [-0.2, -0.15) is 51.6 Å². The zero-order chi connectivity index (χ0) is 16.6. The van der Waals surface area contributed by atoms with Crippen LogP contribution in [0.15, 0.2) is 0 Å². The molecule has 0 aliphatic heterocycles. The molecule has 0 amide bonds. The SMILES string of the molecule is CCSOS(=O)(=O)C(F)(F)C(F)(F)C(F)(F)C(F)(F)F. The highest BCUT2D eigenvalue weighted by atomic mass is 32.3. The first-order valence-electron chi connectivity index (χ1n) is 4.32. The van der Waals surface area contributed by atoms with Crippen molar-refractivity contribution in [2.75, 3.05) is 5.75 Å². The predicted molar refractivity (Wildman–Crippen MR) is 49.0 cm³/mol. The predicted octanol–water partition coefficient (Wildman–Crippen LogP) is 3.43. The maximum Gasteiger partial charge on any atom is 0.460 e. The molecule has 0 fully saturated rings. The van der Waals surface area contributed by atoms with Crippen LogP contribution in [0.25, 0.3) is 0 Å². The first kappa shape index (κ1) is 19.6. The van der Waals surface area contributed by atoms with Gasteiger partial charge in [0.25, 0.3) is 0 Å². The number of halogens is 9. The molecular weight excluding hydrogens is 355 g/mol. The van der Waals surface area contributed by atoms with Crippen LogP contribution in [0.2, 0.25) is 0 Å². The van der Waals surface area contributed by atoms with Gasteiger partial charge in [-0.1, -0.05) is 6.92 Å². The lowest BCUT2D eigenvalue weighted by molar-refractivity contribution is -0.382. The third-order valence-electron chi connectivity index (χ3n) is 1.69. The molecule has 0 saturated heterocycles. The van der Waals surface area contributed by atoms with Crippen LogP contribution < -0.4 is 0 Å². The van der Waals surface area contributed by atoms with Crippen molar-refractivity contribution in [2.45, 2.75) is 30.2 Å². The van der Waals surface area contributed by atoms with E-state index in [0.29, 0.717) is 0 Å². The molecule has 0 aromatic carbocycles. The Labute approximate surface area is 110 Å². The van der Waals surface area contributed by atoms with Crippen molar-refractivity contribution in [3.05, 3.63) is 0 Å². The fourth-order valence-electron chi connectivity index (χ4n) is 0.672. The minimum atomic E-state index is -7.28. The van der Waals surface area contributed by atoms with Gasteiger partial charge >= 0.3 is 33.4 Å². The molecular formula is C6H5F9O3S2. The quantitative estimate of drug-likeness (QED) is 0.538. The molecule has 0 aromatic heterocycles. The summed E-state index contributed by atoms with van der Waals surface area (Å²) in [5, 5.41) is -6.79. The van der Waals surface area contributed by atoms with Crippen molar-refractivity contribution in [3.63, 3.8) is 0 Å². The maximum atomic E-state index is 12.9. The summed E-state index contributed by atoms with van der Waals surface area (Å²) in [6.45, 7) is 1.11. The standard InChI is InChI=1S/C6H5F9O3S2/c1-2-19-18-20(16,17)6(14,15)4(9,10)3(7,8)5(11,12)13/h2H2,1H3. The van der Waals surface area contributed by atoms with E-state index in [9.17, 15) is 47.9 Å². The fourth-order valence-corrected chi connectivity index (χ4v) is 2.35. The number of hydrogen-bond acceptors (Lipinski definition) is 4. The third kappa shape index (κ3) is 2.95. The Balaban J connectivity index is 5.82. The lowest BCUT2D eigenvalue weighted by atomic mass is 10.1. The van der Waals surface area contributed by atoms with E-state index in [1.54, 1.807) is 0 Å². The average Bonchev–Trinajstić information content (AvgIpc) is 2.24. The molecule has 0 unspecified atom stereocenters. The summed E-state index contributed by atoms with van der Waals surface area (Å²) in [6.07, 6.45) is -7.09. The summed E-state index contributed by atoms with van der Waals surface area (Å²) in [6, 6.07) is 0. The Morgan fingerprint density at radius 3 is 1.60 bits per heavy atom. The monoisotopic (exact) mass is 360 g/mol. The van der Waals surface area contributed by atoms with Gasteiger partial charge in [0.2, 0.25) is 0 Å². The van der Waals surface area contributed by atoms with Crippen LogP contribution in [0, 0.1) is 0 Å². The van der Waals surface area contributed by atoms with E-state index in [2.05, 4.69) is 3.63 Å². The van der Waals surface area contributed by atoms with Gasteiger partial charge in [-0.25, -0.2) is 0 Å². The second-order valence-electron chi connectivity index (χ2n) is 3.09. The van der Waals surface area contributed by atoms with Crippen LogP contribution in [0.1, 0.15) is 6.92 Å². The zero-order valence-corrected chi connectivity index (χ0v) is 10.8. The van der Waals surface area contributed by atoms with E-state index < -0.39 is 33.4 Å². The zero-order valence-electron chi connectivity index (χ0n) is 9.15. The van der Waals surface area contributed by atoms with Gasteiger partial charge in [-0.3, -0.25) is 0 Å². The van der Waals surface area contributed by atoms with Gasteiger partial charge in [0.15, 0.2) is 0 Å². The molecule has 20 heavy (non-hydrogen) atoms. The Kier molecular flexibility index (Phi) is 5.34. The summed E-state index contributed by atoms with van der Waals surface area (Å²) >= 11 is -0.351. The Hall–Kier alpha value is -0.370. The molecule has 0 spiro atoms. The third-order valence-corrected chi connectivity index (χ3v) is 3.91. The molecule has 0 aliphatic rings. The van der Waals surface area contributed by atoms with Crippen LogP contribution in [0.5, 0.6) is 0 Å². The molecule has 0 atom stereocenters. The second kappa shape index (κ2) is 5.44. The molecule has 3 nitrogen and oxygen atoms in total. The van der Waals surface area contributed by atoms with Crippen LogP contribution in [-0.4, -0.2) is 37.4 Å². The highest BCUT2D eigenvalue weighted by Gasteiger charge is 2.85. The molecule has 122 valence electrons. The van der Waals surface area contributed by atoms with Gasteiger partial charge in [-0.15, -0.1) is 0 Å². The van der Waals surface area contributed by atoms with E-state index in [1.807, 2.05) is 0 Å². The lowest BCUT2D eigenvalue weighted by Gasteiger charge is -2.32. The summed E-state index contributed by atoms with van der Waals surface area (Å²) in [4.78, 5) is 0. The van der Waals surface area contributed by atoms with E-state index in [1.165, 1.54) is 0 Å². The normalized spacial score (nSPS) is 15.5. The Morgan fingerprint density at radius 1 is 0.900 bits per heavy atom. The first-order chi connectivity index (χ1) is 8.56. The van der Waals surface area contributed by atoms with Crippen LogP contribution in [-0.2, 0) is 13.7 Å². The van der Waals surface area contributed by atoms with Gasteiger partial charge < -0.3 is 0 Å². The van der Waals surface area contributed by atoms with Gasteiger partial charge in [0, 0.05) is 17.8 Å². The average molecular weight is 360 g/mol. The van der Waals surface area contributed by atoms with E-state index in [4.69, 9.17) is 0 Å². The molecule has 0 aromatic rings. The van der Waals surface area contributed by atoms with Crippen molar-refractivity contribution in [1.29, 1.82) is 0 Å². The van der Waals surface area contributed by atoms with Crippen molar-refractivity contribution in [1.82, 2.24) is 0 Å². The van der Waals surface area contributed by atoms with Gasteiger partial charge in [0.05, 0.1) is 0 Å². The molecule has 14 heteroatoms. The van der Waals surface area contributed by atoms with E-state index >= 15 is 0 Å². The van der Waals surface area contributed by atoms with Crippen LogP contribution >= 0.6 is 12.0 Å². The molecule has 0 radical (unpaired) electrons. The number of hydrogen-bond donors (Lipinski definition) is 0. The van der Waals surface area contributed by atoms with Crippen LogP contribution in [0.3, 0.4) is 0 Å². The van der Waals surface area contributed by atoms with Crippen molar-refractivity contribution in [2.24, 2.45) is 0 Å². The van der Waals surface area contributed by atoms with Crippen LogP contribution in [0.4, 0.5) is 39.5 Å². The number of rotatable bonds is 6. The Morgan fingerprint density at radius 2 is 1.30 bits per heavy atom. The number of alkyl halides is 9. The highest BCUT2D eigenvalue weighted by molar-refractivity contribution is 8.04. The fraction of sp³-hybridized carbons (Fsp3) is 1.00. The van der Waals surface area contributed by atoms with Crippen molar-refractivity contribution in [3.8, 4) is 0 Å². The molecule has 0 bridgehead atoms. The molecule has 0 N–H and O–H groups in total. The summed E-state index contributed by atoms with van der Waals surface area (Å²) < 4.78 is 136.